The van der Waals surface area contributed by atoms with E-state index >= 15 is 0 Å². The third-order valence-corrected chi connectivity index (χ3v) is 6.15. The molecule has 2 aliphatic rings. The lowest BCUT2D eigenvalue weighted by Gasteiger charge is -2.42. The van der Waals surface area contributed by atoms with Crippen molar-refractivity contribution >= 4 is 5.91 Å². The highest BCUT2D eigenvalue weighted by atomic mass is 16.5. The van der Waals surface area contributed by atoms with Gasteiger partial charge in [-0.05, 0) is 50.7 Å². The first-order valence-electron chi connectivity index (χ1n) is 10.8. The van der Waals surface area contributed by atoms with Gasteiger partial charge in [0.05, 0.1) is 7.11 Å². The Hall–Kier alpha value is -2.45. The fraction of sp³-hybridized carbons (Fsp3) is 0.591. The van der Waals surface area contributed by atoms with Gasteiger partial charge in [-0.25, -0.2) is 0 Å². The molecule has 8 nitrogen and oxygen atoms in total. The van der Waals surface area contributed by atoms with Gasteiger partial charge in [0.15, 0.2) is 0 Å². The van der Waals surface area contributed by atoms with Crippen LogP contribution < -0.4 is 4.74 Å². The summed E-state index contributed by atoms with van der Waals surface area (Å²) >= 11 is 0. The van der Waals surface area contributed by atoms with Gasteiger partial charge in [0.2, 0.25) is 17.6 Å². The Morgan fingerprint density at radius 3 is 2.63 bits per heavy atom. The van der Waals surface area contributed by atoms with Crippen LogP contribution in [0.25, 0.3) is 11.4 Å². The highest BCUT2D eigenvalue weighted by molar-refractivity contribution is 5.76. The van der Waals surface area contributed by atoms with Crippen LogP contribution in [0.2, 0.25) is 0 Å². The van der Waals surface area contributed by atoms with E-state index < -0.39 is 0 Å². The Bertz CT molecular complexity index is 830. The van der Waals surface area contributed by atoms with Gasteiger partial charge in [-0.15, -0.1) is 0 Å². The molecule has 0 saturated carbocycles. The summed E-state index contributed by atoms with van der Waals surface area (Å²) in [6.07, 6.45) is 3.40. The van der Waals surface area contributed by atoms with E-state index in [9.17, 15) is 4.79 Å². The van der Waals surface area contributed by atoms with Gasteiger partial charge in [-0.2, -0.15) is 4.98 Å². The van der Waals surface area contributed by atoms with Gasteiger partial charge in [0.1, 0.15) is 5.75 Å². The van der Waals surface area contributed by atoms with Crippen molar-refractivity contribution in [3.63, 3.8) is 0 Å². The molecule has 0 aliphatic carbocycles. The van der Waals surface area contributed by atoms with Crippen molar-refractivity contribution < 1.29 is 14.1 Å². The average Bonchev–Trinajstić information content (AvgIpc) is 3.27. The summed E-state index contributed by atoms with van der Waals surface area (Å²) < 4.78 is 10.5. The van der Waals surface area contributed by atoms with Crippen molar-refractivity contribution in [2.75, 3.05) is 53.4 Å². The number of benzene rings is 1. The molecule has 2 aliphatic heterocycles. The number of rotatable bonds is 6. The smallest absolute Gasteiger partial charge is 0.227 e. The number of hydrogen-bond acceptors (Lipinski definition) is 7. The summed E-state index contributed by atoms with van der Waals surface area (Å²) in [6, 6.07) is 8.14. The lowest BCUT2D eigenvalue weighted by atomic mass is 10.0. The molecule has 8 heteroatoms. The molecule has 3 heterocycles. The molecule has 1 aromatic heterocycles. The van der Waals surface area contributed by atoms with Gasteiger partial charge >= 0.3 is 0 Å². The average molecular weight is 414 g/mol. The first-order valence-corrected chi connectivity index (χ1v) is 10.8. The molecular formula is C22H31N5O3. The normalized spacial score (nSPS) is 21.0. The van der Waals surface area contributed by atoms with E-state index in [1.165, 1.54) is 19.4 Å². The number of amides is 1. The molecule has 1 atom stereocenters. The number of piperazine rings is 1. The number of nitrogens with zero attached hydrogens (tertiary/aromatic N) is 5. The SMILES string of the molecule is COc1ccc(-c2noc(CCC(=O)N3CCN(C4CCCN(C)C4)CC3)n2)cc1. The maximum absolute atomic E-state index is 12.6. The second kappa shape index (κ2) is 9.57. The largest absolute Gasteiger partial charge is 0.497 e. The molecule has 0 spiro atoms. The second-order valence-electron chi connectivity index (χ2n) is 8.22. The van der Waals surface area contributed by atoms with E-state index in [2.05, 4.69) is 27.0 Å². The van der Waals surface area contributed by atoms with Crippen molar-refractivity contribution in [3.05, 3.63) is 30.2 Å². The van der Waals surface area contributed by atoms with Gasteiger partial charge in [-0.1, -0.05) is 5.16 Å². The zero-order valence-corrected chi connectivity index (χ0v) is 17.9. The number of ether oxygens (including phenoxy) is 1. The maximum Gasteiger partial charge on any atom is 0.227 e. The van der Waals surface area contributed by atoms with E-state index in [0.717, 1.165) is 44.0 Å². The zero-order chi connectivity index (χ0) is 20.9. The Morgan fingerprint density at radius 2 is 1.93 bits per heavy atom. The van der Waals surface area contributed by atoms with Crippen LogP contribution in [0.4, 0.5) is 0 Å². The van der Waals surface area contributed by atoms with Crippen molar-refractivity contribution in [1.82, 2.24) is 24.8 Å². The number of piperidine rings is 1. The minimum atomic E-state index is 0.166. The number of methoxy groups -OCH3 is 1. The topological polar surface area (TPSA) is 74.9 Å². The third kappa shape index (κ3) is 4.99. The molecule has 1 amide bonds. The Kier molecular flexibility index (Phi) is 6.64. The highest BCUT2D eigenvalue weighted by Crippen LogP contribution is 2.20. The zero-order valence-electron chi connectivity index (χ0n) is 17.9. The molecule has 2 fully saturated rings. The molecule has 30 heavy (non-hydrogen) atoms. The van der Waals surface area contributed by atoms with Crippen LogP contribution in [0.15, 0.2) is 28.8 Å². The number of likely N-dealkylation sites (N-methyl/N-ethyl adjacent to an activating group) is 1. The van der Waals surface area contributed by atoms with E-state index in [0.29, 0.717) is 30.6 Å². The number of carbonyl (C=O) groups is 1. The number of hydrogen-bond donors (Lipinski definition) is 0. The predicted octanol–water partition coefficient (Wildman–Crippen LogP) is 1.92. The lowest BCUT2D eigenvalue weighted by molar-refractivity contribution is -0.133. The second-order valence-corrected chi connectivity index (χ2v) is 8.22. The minimum absolute atomic E-state index is 0.166. The summed E-state index contributed by atoms with van der Waals surface area (Å²) in [7, 11) is 3.83. The van der Waals surface area contributed by atoms with E-state index in [-0.39, 0.29) is 5.91 Å². The quantitative estimate of drug-likeness (QED) is 0.716. The predicted molar refractivity (Wildman–Crippen MR) is 113 cm³/mol. The van der Waals surface area contributed by atoms with Crippen LogP contribution in [0, 0.1) is 0 Å². The Morgan fingerprint density at radius 1 is 1.17 bits per heavy atom. The summed E-state index contributed by atoms with van der Waals surface area (Å²) in [4.78, 5) is 24.0. The fourth-order valence-electron chi connectivity index (χ4n) is 4.36. The van der Waals surface area contributed by atoms with Crippen molar-refractivity contribution in [1.29, 1.82) is 0 Å². The molecular weight excluding hydrogens is 382 g/mol. The maximum atomic E-state index is 12.6. The van der Waals surface area contributed by atoms with Crippen molar-refractivity contribution in [3.8, 4) is 17.1 Å². The Labute approximate surface area is 177 Å². The number of likely N-dealkylation sites (tertiary alicyclic amines) is 1. The molecule has 162 valence electrons. The molecule has 1 unspecified atom stereocenters. The van der Waals surface area contributed by atoms with E-state index in [1.807, 2.05) is 29.2 Å². The highest BCUT2D eigenvalue weighted by Gasteiger charge is 2.28. The van der Waals surface area contributed by atoms with Crippen molar-refractivity contribution in [2.24, 2.45) is 0 Å². The third-order valence-electron chi connectivity index (χ3n) is 6.15. The van der Waals surface area contributed by atoms with Crippen molar-refractivity contribution in [2.45, 2.75) is 31.7 Å². The van der Waals surface area contributed by atoms with Gasteiger partial charge in [0.25, 0.3) is 0 Å². The molecule has 2 saturated heterocycles. The monoisotopic (exact) mass is 413 g/mol. The van der Waals surface area contributed by atoms with Crippen LogP contribution in [-0.2, 0) is 11.2 Å². The van der Waals surface area contributed by atoms with Crippen LogP contribution >= 0.6 is 0 Å². The standard InChI is InChI=1S/C22H31N5O3/c1-25-11-3-4-18(16-25)26-12-14-27(15-13-26)21(28)10-9-20-23-22(24-30-20)17-5-7-19(29-2)8-6-17/h5-8,18H,3-4,9-16H2,1-2H3. The Balaban J connectivity index is 1.24. The lowest BCUT2D eigenvalue weighted by Crippen LogP contribution is -2.55. The van der Waals surface area contributed by atoms with E-state index in [1.54, 1.807) is 7.11 Å². The summed E-state index contributed by atoms with van der Waals surface area (Å²) in [6.45, 7) is 5.88. The summed E-state index contributed by atoms with van der Waals surface area (Å²) in [5.41, 5.74) is 0.863. The minimum Gasteiger partial charge on any atom is -0.497 e. The first kappa shape index (κ1) is 20.8. The van der Waals surface area contributed by atoms with Crippen LogP contribution in [-0.4, -0.2) is 90.2 Å². The van der Waals surface area contributed by atoms with Crippen LogP contribution in [0.5, 0.6) is 5.75 Å². The first-order chi connectivity index (χ1) is 14.6. The van der Waals surface area contributed by atoms with Crippen LogP contribution in [0.1, 0.15) is 25.2 Å². The molecule has 2 aromatic rings. The van der Waals surface area contributed by atoms with Gasteiger partial charge in [-0.3, -0.25) is 9.69 Å². The number of aromatic nitrogens is 2. The van der Waals surface area contributed by atoms with Gasteiger partial charge < -0.3 is 19.1 Å². The number of aryl methyl sites for hydroxylation is 1. The fourth-order valence-corrected chi connectivity index (χ4v) is 4.36. The molecule has 0 N–H and O–H groups in total. The molecule has 0 bridgehead atoms. The number of carbonyl (C=O) groups excluding carboxylic acids is 1. The van der Waals surface area contributed by atoms with E-state index in [4.69, 9.17) is 9.26 Å². The molecule has 4 rings (SSSR count). The molecule has 1 aromatic carbocycles. The van der Waals surface area contributed by atoms with Gasteiger partial charge in [0, 0.05) is 57.2 Å². The summed E-state index contributed by atoms with van der Waals surface area (Å²) in [5.74, 6) is 1.98. The van der Waals surface area contributed by atoms with Crippen LogP contribution in [0.3, 0.4) is 0 Å². The summed E-state index contributed by atoms with van der Waals surface area (Å²) in [5, 5.41) is 4.04. The molecule has 0 radical (unpaired) electrons.